The van der Waals surface area contributed by atoms with Gasteiger partial charge in [0.05, 0.1) is 0 Å². The number of ether oxygens (including phenoxy) is 1. The monoisotopic (exact) mass is 324 g/mol. The van der Waals surface area contributed by atoms with Crippen LogP contribution in [0.2, 0.25) is 0 Å². The van der Waals surface area contributed by atoms with Crippen LogP contribution in [0.5, 0.6) is 0 Å². The topological polar surface area (TPSA) is 84.5 Å². The van der Waals surface area contributed by atoms with Gasteiger partial charge < -0.3 is 4.74 Å². The summed E-state index contributed by atoms with van der Waals surface area (Å²) in [7, 11) is 0. The number of nitrogens with one attached hydrogen (secondary N) is 2. The second-order valence-electron chi connectivity index (χ2n) is 4.72. The Balaban J connectivity index is 1.70. The molecule has 2 aromatic carbocycles. The number of esters is 1. The maximum atomic E-state index is 11.7. The lowest BCUT2D eigenvalue weighted by Gasteiger charge is -2.07. The number of carbonyl (C=O) groups excluding carboxylic acids is 3. The van der Waals surface area contributed by atoms with Crippen molar-refractivity contribution in [3.8, 4) is 0 Å². The van der Waals surface area contributed by atoms with Gasteiger partial charge in [-0.05, 0) is 23.8 Å². The van der Waals surface area contributed by atoms with Crippen LogP contribution in [-0.4, -0.2) is 24.4 Å². The summed E-state index contributed by atoms with van der Waals surface area (Å²) >= 11 is 0. The fraction of sp³-hybridized carbons (Fsp3) is 0.0556. The third-order valence-corrected chi connectivity index (χ3v) is 2.91. The average molecular weight is 324 g/mol. The standard InChI is InChI=1S/C18H16N2O4/c21-16(19-20-18(23)15-9-5-2-6-10-15)13-24-17(22)12-11-14-7-3-1-4-8-14/h1-12H,13H2,(H,19,21)(H,20,23)/b12-11+. The minimum atomic E-state index is -0.650. The molecule has 0 aromatic heterocycles. The van der Waals surface area contributed by atoms with E-state index in [1.54, 1.807) is 36.4 Å². The quantitative estimate of drug-likeness (QED) is 0.498. The number of hydrogen-bond acceptors (Lipinski definition) is 4. The van der Waals surface area contributed by atoms with Gasteiger partial charge in [0.2, 0.25) is 0 Å². The number of benzene rings is 2. The van der Waals surface area contributed by atoms with E-state index in [2.05, 4.69) is 10.9 Å². The summed E-state index contributed by atoms with van der Waals surface area (Å²) in [4.78, 5) is 34.7. The first kappa shape index (κ1) is 17.0. The second-order valence-corrected chi connectivity index (χ2v) is 4.72. The second kappa shape index (κ2) is 8.89. The number of hydrogen-bond donors (Lipinski definition) is 2. The molecule has 2 amide bonds. The molecule has 0 unspecified atom stereocenters. The van der Waals surface area contributed by atoms with Crippen molar-refractivity contribution in [2.75, 3.05) is 6.61 Å². The van der Waals surface area contributed by atoms with Crippen molar-refractivity contribution in [2.45, 2.75) is 0 Å². The van der Waals surface area contributed by atoms with E-state index in [4.69, 9.17) is 4.74 Å². The van der Waals surface area contributed by atoms with E-state index < -0.39 is 24.4 Å². The van der Waals surface area contributed by atoms with Gasteiger partial charge in [0.25, 0.3) is 11.8 Å². The smallest absolute Gasteiger partial charge is 0.331 e. The van der Waals surface area contributed by atoms with E-state index in [0.29, 0.717) is 5.56 Å². The minimum absolute atomic E-state index is 0.403. The summed E-state index contributed by atoms with van der Waals surface area (Å²) in [6, 6.07) is 17.6. The van der Waals surface area contributed by atoms with E-state index in [1.165, 1.54) is 6.08 Å². The molecule has 0 aliphatic heterocycles. The van der Waals surface area contributed by atoms with Crippen LogP contribution in [0.25, 0.3) is 6.08 Å². The van der Waals surface area contributed by atoms with Crippen LogP contribution < -0.4 is 10.9 Å². The molecular formula is C18H16N2O4. The van der Waals surface area contributed by atoms with E-state index in [0.717, 1.165) is 5.56 Å². The molecule has 2 rings (SSSR count). The Hall–Kier alpha value is -3.41. The number of rotatable bonds is 5. The predicted octanol–water partition coefficient (Wildman–Crippen LogP) is 1.70. The molecule has 0 atom stereocenters. The fourth-order valence-electron chi connectivity index (χ4n) is 1.74. The molecule has 2 aromatic rings. The average Bonchev–Trinajstić information content (AvgIpc) is 2.64. The van der Waals surface area contributed by atoms with Crippen LogP contribution >= 0.6 is 0 Å². The third kappa shape index (κ3) is 5.76. The summed E-state index contributed by atoms with van der Waals surface area (Å²) in [5, 5.41) is 0. The van der Waals surface area contributed by atoms with E-state index in [-0.39, 0.29) is 0 Å². The molecule has 2 N–H and O–H groups in total. The summed E-state index contributed by atoms with van der Waals surface area (Å²) in [6.45, 7) is -0.493. The molecule has 0 aliphatic rings. The van der Waals surface area contributed by atoms with Crippen molar-refractivity contribution in [3.63, 3.8) is 0 Å². The van der Waals surface area contributed by atoms with Gasteiger partial charge in [-0.15, -0.1) is 0 Å². The summed E-state index contributed by atoms with van der Waals surface area (Å²) in [6.07, 6.45) is 2.81. The predicted molar refractivity (Wildman–Crippen MR) is 88.5 cm³/mol. The first-order chi connectivity index (χ1) is 11.6. The zero-order valence-electron chi connectivity index (χ0n) is 12.8. The molecule has 24 heavy (non-hydrogen) atoms. The Kier molecular flexibility index (Phi) is 6.28. The highest BCUT2D eigenvalue weighted by atomic mass is 16.5. The molecule has 0 radical (unpaired) electrons. The maximum absolute atomic E-state index is 11.7. The van der Waals surface area contributed by atoms with Crippen molar-refractivity contribution in [2.24, 2.45) is 0 Å². The van der Waals surface area contributed by atoms with Gasteiger partial charge in [-0.1, -0.05) is 48.5 Å². The zero-order chi connectivity index (χ0) is 17.2. The third-order valence-electron chi connectivity index (χ3n) is 2.91. The molecule has 0 aliphatic carbocycles. The van der Waals surface area contributed by atoms with Gasteiger partial charge in [0, 0.05) is 11.6 Å². The number of hydrazine groups is 1. The molecule has 0 saturated carbocycles. The van der Waals surface area contributed by atoms with Crippen LogP contribution in [0, 0.1) is 0 Å². The molecule has 122 valence electrons. The Morgan fingerprint density at radius 2 is 1.50 bits per heavy atom. The molecular weight excluding hydrogens is 308 g/mol. The van der Waals surface area contributed by atoms with Crippen LogP contribution in [0.3, 0.4) is 0 Å². The van der Waals surface area contributed by atoms with Crippen LogP contribution in [-0.2, 0) is 14.3 Å². The Morgan fingerprint density at radius 3 is 2.17 bits per heavy atom. The van der Waals surface area contributed by atoms with E-state index in [1.807, 2.05) is 30.3 Å². The summed E-state index contributed by atoms with van der Waals surface area (Å²) < 4.78 is 4.77. The maximum Gasteiger partial charge on any atom is 0.331 e. The van der Waals surface area contributed by atoms with Crippen molar-refractivity contribution in [3.05, 3.63) is 77.9 Å². The van der Waals surface area contributed by atoms with Crippen LogP contribution in [0.15, 0.2) is 66.7 Å². The van der Waals surface area contributed by atoms with Crippen LogP contribution in [0.1, 0.15) is 15.9 Å². The molecule has 0 saturated heterocycles. The highest BCUT2D eigenvalue weighted by molar-refractivity contribution is 5.95. The van der Waals surface area contributed by atoms with Gasteiger partial charge in [0.1, 0.15) is 0 Å². The lowest BCUT2D eigenvalue weighted by atomic mass is 10.2. The molecule has 0 fully saturated rings. The van der Waals surface area contributed by atoms with Crippen molar-refractivity contribution >= 4 is 23.9 Å². The first-order valence-electron chi connectivity index (χ1n) is 7.19. The van der Waals surface area contributed by atoms with Gasteiger partial charge in [-0.3, -0.25) is 20.4 Å². The van der Waals surface area contributed by atoms with Gasteiger partial charge in [-0.2, -0.15) is 0 Å². The van der Waals surface area contributed by atoms with Crippen LogP contribution in [0.4, 0.5) is 0 Å². The molecule has 0 spiro atoms. The highest BCUT2D eigenvalue weighted by Crippen LogP contribution is 2.01. The molecule has 6 nitrogen and oxygen atoms in total. The summed E-state index contributed by atoms with van der Waals surface area (Å²) in [5.41, 5.74) is 5.65. The van der Waals surface area contributed by atoms with E-state index >= 15 is 0 Å². The Labute approximate surface area is 139 Å². The molecule has 0 heterocycles. The lowest BCUT2D eigenvalue weighted by molar-refractivity contribution is -0.144. The van der Waals surface area contributed by atoms with E-state index in [9.17, 15) is 14.4 Å². The van der Waals surface area contributed by atoms with Crippen molar-refractivity contribution < 1.29 is 19.1 Å². The number of amides is 2. The first-order valence-corrected chi connectivity index (χ1v) is 7.19. The Bertz CT molecular complexity index is 727. The SMILES string of the molecule is O=C(COC(=O)/C=C/c1ccccc1)NNC(=O)c1ccccc1. The molecule has 0 bridgehead atoms. The normalized spacial score (nSPS) is 10.2. The number of carbonyl (C=O) groups is 3. The highest BCUT2D eigenvalue weighted by Gasteiger charge is 2.08. The van der Waals surface area contributed by atoms with Gasteiger partial charge in [-0.25, -0.2) is 4.79 Å². The minimum Gasteiger partial charge on any atom is -0.452 e. The largest absolute Gasteiger partial charge is 0.452 e. The fourth-order valence-corrected chi connectivity index (χ4v) is 1.74. The lowest BCUT2D eigenvalue weighted by Crippen LogP contribution is -2.43. The van der Waals surface area contributed by atoms with Gasteiger partial charge in [0.15, 0.2) is 6.61 Å². The molecule has 6 heteroatoms. The van der Waals surface area contributed by atoms with Gasteiger partial charge >= 0.3 is 5.97 Å². The Morgan fingerprint density at radius 1 is 0.875 bits per heavy atom. The van der Waals surface area contributed by atoms with Crippen molar-refractivity contribution in [1.82, 2.24) is 10.9 Å². The zero-order valence-corrected chi connectivity index (χ0v) is 12.8. The van der Waals surface area contributed by atoms with Crippen molar-refractivity contribution in [1.29, 1.82) is 0 Å². The summed E-state index contributed by atoms with van der Waals surface area (Å²) in [5.74, 6) is -1.75.